The summed E-state index contributed by atoms with van der Waals surface area (Å²) in [6.45, 7) is 0. The van der Waals surface area contributed by atoms with Crippen molar-refractivity contribution >= 4 is 17.1 Å². The summed E-state index contributed by atoms with van der Waals surface area (Å²) >= 11 is 6.28. The van der Waals surface area contributed by atoms with E-state index in [4.69, 9.17) is 16.3 Å². The third kappa shape index (κ3) is 2.27. The van der Waals surface area contributed by atoms with Crippen molar-refractivity contribution in [1.82, 2.24) is 9.38 Å². The molecular weight excluding hydrogens is 276 g/mol. The Labute approximate surface area is 123 Å². The first kappa shape index (κ1) is 13.7. The van der Waals surface area contributed by atoms with Gasteiger partial charge in [0.25, 0.3) is 0 Å². The van der Waals surface area contributed by atoms with Crippen LogP contribution in [0.2, 0.25) is 5.02 Å². The van der Waals surface area contributed by atoms with Crippen LogP contribution < -0.4 is 4.74 Å². The van der Waals surface area contributed by atoms with Gasteiger partial charge in [-0.15, -0.1) is 0 Å². The number of hydrogen-bond donors (Lipinski definition) is 1. The van der Waals surface area contributed by atoms with Gasteiger partial charge < -0.3 is 9.84 Å². The van der Waals surface area contributed by atoms with Crippen molar-refractivity contribution in [3.05, 3.63) is 29.3 Å². The highest BCUT2D eigenvalue weighted by Crippen LogP contribution is 2.38. The van der Waals surface area contributed by atoms with Crippen molar-refractivity contribution in [2.24, 2.45) is 5.92 Å². The molecule has 1 aliphatic rings. The number of nitrogens with zero attached hydrogens (tertiary/aromatic N) is 2. The molecule has 1 aliphatic carbocycles. The molecule has 0 spiro atoms. The second-order valence-electron chi connectivity index (χ2n) is 5.44. The van der Waals surface area contributed by atoms with Crippen LogP contribution in [0.1, 0.15) is 43.9 Å². The molecule has 0 saturated heterocycles. The normalized spacial score (nSPS) is 18.4. The van der Waals surface area contributed by atoms with Crippen molar-refractivity contribution in [2.75, 3.05) is 7.11 Å². The molecule has 1 N–H and O–H groups in total. The fourth-order valence-electron chi connectivity index (χ4n) is 3.12. The van der Waals surface area contributed by atoms with Crippen LogP contribution in [0, 0.1) is 5.92 Å². The van der Waals surface area contributed by atoms with Crippen LogP contribution in [0.5, 0.6) is 5.75 Å². The van der Waals surface area contributed by atoms with Crippen LogP contribution >= 0.6 is 11.6 Å². The predicted octanol–water partition coefficient (Wildman–Crippen LogP) is 3.61. The molecule has 20 heavy (non-hydrogen) atoms. The number of hydrogen-bond acceptors (Lipinski definition) is 3. The highest BCUT2D eigenvalue weighted by Gasteiger charge is 2.26. The average Bonchev–Trinajstić information content (AvgIpc) is 2.98. The van der Waals surface area contributed by atoms with E-state index in [-0.39, 0.29) is 0 Å². The van der Waals surface area contributed by atoms with Gasteiger partial charge in [0.05, 0.1) is 36.9 Å². The monoisotopic (exact) mass is 294 g/mol. The fourth-order valence-corrected chi connectivity index (χ4v) is 3.40. The summed E-state index contributed by atoms with van der Waals surface area (Å²) in [4.78, 5) is 4.14. The summed E-state index contributed by atoms with van der Waals surface area (Å²) in [5, 5.41) is 11.3. The number of aliphatic hydroxyl groups excluding tert-OH is 1. The van der Waals surface area contributed by atoms with Crippen molar-refractivity contribution in [3.8, 4) is 5.75 Å². The van der Waals surface area contributed by atoms with Gasteiger partial charge in [-0.1, -0.05) is 30.9 Å². The van der Waals surface area contributed by atoms with Crippen molar-refractivity contribution in [2.45, 2.75) is 38.2 Å². The van der Waals surface area contributed by atoms with Gasteiger partial charge in [0.2, 0.25) is 0 Å². The lowest BCUT2D eigenvalue weighted by atomic mass is 9.84. The number of halogens is 1. The molecule has 2 heterocycles. The largest absolute Gasteiger partial charge is 0.495 e. The number of pyridine rings is 1. The average molecular weight is 295 g/mol. The third-order valence-electron chi connectivity index (χ3n) is 4.26. The standard InChI is InChI=1S/C15H19ClN2O2/c1-20-13-7-11(15(19)10-5-3-2-4-6-10)18-9-17-8-12(18)14(13)16/h7-10,15,19H,2-6H2,1H3. The summed E-state index contributed by atoms with van der Waals surface area (Å²) in [5.41, 5.74) is 1.58. The zero-order valence-corrected chi connectivity index (χ0v) is 12.3. The molecule has 2 aromatic rings. The topological polar surface area (TPSA) is 46.8 Å². The SMILES string of the molecule is COc1cc(C(O)C2CCCCC2)n2cncc2c1Cl. The van der Waals surface area contributed by atoms with E-state index in [0.29, 0.717) is 16.7 Å². The Kier molecular flexibility index (Phi) is 3.85. The van der Waals surface area contributed by atoms with Crippen LogP contribution in [0.4, 0.5) is 0 Å². The molecular formula is C15H19ClN2O2. The van der Waals surface area contributed by atoms with E-state index in [1.807, 2.05) is 10.5 Å². The first-order valence-corrected chi connectivity index (χ1v) is 7.46. The lowest BCUT2D eigenvalue weighted by Gasteiger charge is -2.27. The number of methoxy groups -OCH3 is 1. The molecule has 1 unspecified atom stereocenters. The van der Waals surface area contributed by atoms with E-state index in [0.717, 1.165) is 24.1 Å². The first-order valence-electron chi connectivity index (χ1n) is 7.09. The quantitative estimate of drug-likeness (QED) is 0.940. The van der Waals surface area contributed by atoms with Crippen molar-refractivity contribution in [3.63, 3.8) is 0 Å². The molecule has 0 amide bonds. The second kappa shape index (κ2) is 5.62. The summed E-state index contributed by atoms with van der Waals surface area (Å²) in [5.74, 6) is 0.893. The van der Waals surface area contributed by atoms with Gasteiger partial charge >= 0.3 is 0 Å². The van der Waals surface area contributed by atoms with E-state index in [1.165, 1.54) is 19.3 Å². The zero-order valence-electron chi connectivity index (χ0n) is 11.6. The maximum Gasteiger partial charge on any atom is 0.141 e. The molecule has 1 atom stereocenters. The van der Waals surface area contributed by atoms with Crippen molar-refractivity contribution in [1.29, 1.82) is 0 Å². The van der Waals surface area contributed by atoms with Crippen LogP contribution in [0.15, 0.2) is 18.6 Å². The maximum atomic E-state index is 10.7. The van der Waals surface area contributed by atoms with Crippen LogP contribution in [-0.2, 0) is 0 Å². The fraction of sp³-hybridized carbons (Fsp3) is 0.533. The zero-order chi connectivity index (χ0) is 14.1. The van der Waals surface area contributed by atoms with Gasteiger partial charge in [-0.25, -0.2) is 4.98 Å². The first-order chi connectivity index (χ1) is 9.72. The van der Waals surface area contributed by atoms with Gasteiger partial charge in [0, 0.05) is 6.07 Å². The van der Waals surface area contributed by atoms with E-state index in [9.17, 15) is 5.11 Å². The van der Waals surface area contributed by atoms with Gasteiger partial charge in [-0.05, 0) is 18.8 Å². The van der Waals surface area contributed by atoms with E-state index >= 15 is 0 Å². The number of ether oxygens (including phenoxy) is 1. The Bertz CT molecular complexity index is 605. The minimum Gasteiger partial charge on any atom is -0.495 e. The Balaban J connectivity index is 2.05. The maximum absolute atomic E-state index is 10.7. The summed E-state index contributed by atoms with van der Waals surface area (Å²) in [7, 11) is 1.59. The molecule has 1 saturated carbocycles. The molecule has 2 aromatic heterocycles. The lowest BCUT2D eigenvalue weighted by Crippen LogP contribution is -2.18. The Morgan fingerprint density at radius 1 is 1.40 bits per heavy atom. The minimum absolute atomic E-state index is 0.306. The van der Waals surface area contributed by atoms with E-state index in [2.05, 4.69) is 4.98 Å². The summed E-state index contributed by atoms with van der Waals surface area (Å²) < 4.78 is 7.18. The van der Waals surface area contributed by atoms with Crippen LogP contribution in [-0.4, -0.2) is 21.6 Å². The molecule has 0 radical (unpaired) electrons. The molecule has 4 nitrogen and oxygen atoms in total. The van der Waals surface area contributed by atoms with Gasteiger partial charge in [-0.2, -0.15) is 0 Å². The van der Waals surface area contributed by atoms with Crippen LogP contribution in [0.3, 0.4) is 0 Å². The molecule has 108 valence electrons. The van der Waals surface area contributed by atoms with Crippen molar-refractivity contribution < 1.29 is 9.84 Å². The number of rotatable bonds is 3. The number of imidazole rings is 1. The summed E-state index contributed by atoms with van der Waals surface area (Å²) in [6.07, 6.45) is 8.69. The van der Waals surface area contributed by atoms with Gasteiger partial charge in [-0.3, -0.25) is 4.40 Å². The van der Waals surface area contributed by atoms with Gasteiger partial charge in [0.1, 0.15) is 10.8 Å². The number of fused-ring (bicyclic) bond motifs is 1. The smallest absolute Gasteiger partial charge is 0.141 e. The van der Waals surface area contributed by atoms with Gasteiger partial charge in [0.15, 0.2) is 0 Å². The predicted molar refractivity (Wildman–Crippen MR) is 78.3 cm³/mol. The highest BCUT2D eigenvalue weighted by atomic mass is 35.5. The molecule has 3 rings (SSSR count). The van der Waals surface area contributed by atoms with E-state index in [1.54, 1.807) is 19.6 Å². The molecule has 0 bridgehead atoms. The second-order valence-corrected chi connectivity index (χ2v) is 5.82. The Morgan fingerprint density at radius 2 is 2.15 bits per heavy atom. The minimum atomic E-state index is -0.502. The lowest BCUT2D eigenvalue weighted by molar-refractivity contribution is 0.0799. The molecule has 5 heteroatoms. The third-order valence-corrected chi connectivity index (χ3v) is 4.64. The Morgan fingerprint density at radius 3 is 2.85 bits per heavy atom. The molecule has 0 aliphatic heterocycles. The summed E-state index contributed by atoms with van der Waals surface area (Å²) in [6, 6.07) is 1.83. The molecule has 0 aromatic carbocycles. The number of aliphatic hydroxyl groups is 1. The Hall–Kier alpha value is -1.26. The van der Waals surface area contributed by atoms with E-state index < -0.39 is 6.10 Å². The number of aromatic nitrogens is 2. The van der Waals surface area contributed by atoms with Crippen LogP contribution in [0.25, 0.3) is 5.52 Å². The molecule has 1 fully saturated rings. The highest BCUT2D eigenvalue weighted by molar-refractivity contribution is 6.35.